The Bertz CT molecular complexity index is 300. The Morgan fingerprint density at radius 3 is 2.53 bits per heavy atom. The highest BCUT2D eigenvalue weighted by Crippen LogP contribution is 2.52. The second kappa shape index (κ2) is 3.66. The molecule has 0 aromatic heterocycles. The van der Waals surface area contributed by atoms with Gasteiger partial charge in [0.25, 0.3) is 0 Å². The first-order valence-electron chi connectivity index (χ1n) is 6.01. The normalized spacial score (nSPS) is 24.0. The number of nitrogens with zero attached hydrogens (tertiary/aromatic N) is 1. The van der Waals surface area contributed by atoms with Gasteiger partial charge in [0.2, 0.25) is 5.91 Å². The van der Waals surface area contributed by atoms with Gasteiger partial charge in [-0.3, -0.25) is 4.79 Å². The number of hydrogen-bond acceptors (Lipinski definition) is 1. The van der Waals surface area contributed by atoms with E-state index in [1.165, 1.54) is 12.8 Å². The molecule has 15 heavy (non-hydrogen) atoms. The Hall–Kier alpha value is -0.790. The quantitative estimate of drug-likeness (QED) is 0.637. The van der Waals surface area contributed by atoms with E-state index in [0.29, 0.717) is 11.3 Å². The molecule has 0 aromatic carbocycles. The maximum absolute atomic E-state index is 11.8. The molecule has 1 amide bonds. The van der Waals surface area contributed by atoms with Crippen LogP contribution in [-0.4, -0.2) is 23.9 Å². The van der Waals surface area contributed by atoms with Crippen LogP contribution in [0.1, 0.15) is 40.0 Å². The molecule has 1 aliphatic carbocycles. The van der Waals surface area contributed by atoms with Gasteiger partial charge in [0.1, 0.15) is 0 Å². The van der Waals surface area contributed by atoms with Crippen molar-refractivity contribution < 1.29 is 4.79 Å². The third kappa shape index (κ3) is 2.09. The SMILES string of the molecule is CC(C)C(=O)N1CC=C(C2(C)CC2)CC1. The minimum atomic E-state index is 0.136. The fraction of sp³-hybridized carbons (Fsp3) is 0.769. The molecule has 0 aromatic rings. The lowest BCUT2D eigenvalue weighted by atomic mass is 9.92. The molecule has 1 fully saturated rings. The van der Waals surface area contributed by atoms with Crippen molar-refractivity contribution >= 4 is 5.91 Å². The van der Waals surface area contributed by atoms with Crippen molar-refractivity contribution in [3.8, 4) is 0 Å². The van der Waals surface area contributed by atoms with E-state index in [1.54, 1.807) is 5.57 Å². The van der Waals surface area contributed by atoms with Crippen LogP contribution in [0.25, 0.3) is 0 Å². The number of carbonyl (C=O) groups excluding carboxylic acids is 1. The summed E-state index contributed by atoms with van der Waals surface area (Å²) in [6, 6.07) is 0. The van der Waals surface area contributed by atoms with E-state index in [9.17, 15) is 4.79 Å². The van der Waals surface area contributed by atoms with Gasteiger partial charge < -0.3 is 4.90 Å². The van der Waals surface area contributed by atoms with Gasteiger partial charge >= 0.3 is 0 Å². The summed E-state index contributed by atoms with van der Waals surface area (Å²) < 4.78 is 0. The maximum Gasteiger partial charge on any atom is 0.225 e. The fourth-order valence-corrected chi connectivity index (χ4v) is 2.29. The van der Waals surface area contributed by atoms with Crippen LogP contribution < -0.4 is 0 Å². The third-order valence-corrected chi connectivity index (χ3v) is 3.79. The number of hydrogen-bond donors (Lipinski definition) is 0. The van der Waals surface area contributed by atoms with Crippen molar-refractivity contribution in [2.45, 2.75) is 40.0 Å². The zero-order valence-corrected chi connectivity index (χ0v) is 10.0. The molecule has 2 aliphatic rings. The minimum absolute atomic E-state index is 0.136. The third-order valence-electron chi connectivity index (χ3n) is 3.79. The van der Waals surface area contributed by atoms with Crippen molar-refractivity contribution in [3.05, 3.63) is 11.6 Å². The van der Waals surface area contributed by atoms with Gasteiger partial charge in [-0.25, -0.2) is 0 Å². The van der Waals surface area contributed by atoms with Crippen LogP contribution in [0.5, 0.6) is 0 Å². The Kier molecular flexibility index (Phi) is 2.61. The van der Waals surface area contributed by atoms with Crippen LogP contribution in [0.15, 0.2) is 11.6 Å². The summed E-state index contributed by atoms with van der Waals surface area (Å²) in [4.78, 5) is 13.8. The lowest BCUT2D eigenvalue weighted by Crippen LogP contribution is -2.38. The molecule has 0 spiro atoms. The molecule has 1 saturated carbocycles. The summed E-state index contributed by atoms with van der Waals surface area (Å²) in [5, 5.41) is 0. The summed E-state index contributed by atoms with van der Waals surface area (Å²) in [5.74, 6) is 0.433. The smallest absolute Gasteiger partial charge is 0.225 e. The predicted octanol–water partition coefficient (Wildman–Crippen LogP) is 2.60. The Morgan fingerprint density at radius 2 is 2.13 bits per heavy atom. The molecule has 0 unspecified atom stereocenters. The van der Waals surface area contributed by atoms with Gasteiger partial charge in [0.15, 0.2) is 0 Å². The van der Waals surface area contributed by atoms with Crippen LogP contribution in [0.4, 0.5) is 0 Å². The summed E-state index contributed by atoms with van der Waals surface area (Å²) in [7, 11) is 0. The minimum Gasteiger partial charge on any atom is -0.338 e. The predicted molar refractivity (Wildman–Crippen MR) is 61.5 cm³/mol. The van der Waals surface area contributed by atoms with Crippen molar-refractivity contribution in [2.75, 3.05) is 13.1 Å². The molecule has 2 heteroatoms. The molecular formula is C13H21NO. The van der Waals surface area contributed by atoms with Gasteiger partial charge in [0.05, 0.1) is 0 Å². The molecule has 2 rings (SSSR count). The molecule has 0 bridgehead atoms. The van der Waals surface area contributed by atoms with E-state index in [0.717, 1.165) is 19.5 Å². The zero-order chi connectivity index (χ0) is 11.1. The van der Waals surface area contributed by atoms with Crippen molar-refractivity contribution in [3.63, 3.8) is 0 Å². The molecule has 0 atom stereocenters. The van der Waals surface area contributed by atoms with Gasteiger partial charge in [-0.2, -0.15) is 0 Å². The van der Waals surface area contributed by atoms with E-state index in [1.807, 2.05) is 18.7 Å². The molecule has 2 nitrogen and oxygen atoms in total. The average molecular weight is 207 g/mol. The van der Waals surface area contributed by atoms with E-state index in [-0.39, 0.29) is 5.92 Å². The second-order valence-corrected chi connectivity index (χ2v) is 5.48. The van der Waals surface area contributed by atoms with E-state index in [4.69, 9.17) is 0 Å². The zero-order valence-electron chi connectivity index (χ0n) is 10.0. The maximum atomic E-state index is 11.8. The fourth-order valence-electron chi connectivity index (χ4n) is 2.29. The van der Waals surface area contributed by atoms with Crippen LogP contribution in [0.3, 0.4) is 0 Å². The Labute approximate surface area is 92.3 Å². The number of carbonyl (C=O) groups is 1. The highest BCUT2D eigenvalue weighted by molar-refractivity contribution is 5.78. The Balaban J connectivity index is 1.96. The summed E-state index contributed by atoms with van der Waals surface area (Å²) in [6.45, 7) is 8.06. The lowest BCUT2D eigenvalue weighted by molar-refractivity contribution is -0.134. The van der Waals surface area contributed by atoms with Crippen molar-refractivity contribution in [1.82, 2.24) is 4.90 Å². The lowest BCUT2D eigenvalue weighted by Gasteiger charge is -2.30. The van der Waals surface area contributed by atoms with Crippen molar-refractivity contribution in [2.24, 2.45) is 11.3 Å². The first kappa shape index (κ1) is 10.7. The first-order chi connectivity index (χ1) is 7.03. The average Bonchev–Trinajstić information content (AvgIpc) is 2.97. The molecule has 0 radical (unpaired) electrons. The second-order valence-electron chi connectivity index (χ2n) is 5.48. The van der Waals surface area contributed by atoms with Crippen LogP contribution in [0, 0.1) is 11.3 Å². The summed E-state index contributed by atoms with van der Waals surface area (Å²) >= 11 is 0. The number of amides is 1. The Morgan fingerprint density at radius 1 is 1.47 bits per heavy atom. The first-order valence-corrected chi connectivity index (χ1v) is 6.01. The highest BCUT2D eigenvalue weighted by Gasteiger charge is 2.41. The van der Waals surface area contributed by atoms with Gasteiger partial charge in [0, 0.05) is 19.0 Å². The molecular weight excluding hydrogens is 186 g/mol. The highest BCUT2D eigenvalue weighted by atomic mass is 16.2. The topological polar surface area (TPSA) is 20.3 Å². The van der Waals surface area contributed by atoms with Gasteiger partial charge in [-0.1, -0.05) is 32.4 Å². The van der Waals surface area contributed by atoms with Crippen LogP contribution in [-0.2, 0) is 4.79 Å². The summed E-state index contributed by atoms with van der Waals surface area (Å²) in [6.07, 6.45) is 6.07. The monoisotopic (exact) mass is 207 g/mol. The molecule has 84 valence electrons. The van der Waals surface area contributed by atoms with E-state index in [2.05, 4.69) is 13.0 Å². The van der Waals surface area contributed by atoms with Crippen LogP contribution in [0.2, 0.25) is 0 Å². The largest absolute Gasteiger partial charge is 0.338 e. The van der Waals surface area contributed by atoms with E-state index >= 15 is 0 Å². The van der Waals surface area contributed by atoms with Crippen LogP contribution >= 0.6 is 0 Å². The van der Waals surface area contributed by atoms with E-state index < -0.39 is 0 Å². The summed E-state index contributed by atoms with van der Waals surface area (Å²) in [5.41, 5.74) is 2.10. The van der Waals surface area contributed by atoms with Crippen molar-refractivity contribution in [1.29, 1.82) is 0 Å². The van der Waals surface area contributed by atoms with Gasteiger partial charge in [-0.05, 0) is 24.7 Å². The molecule has 0 N–H and O–H groups in total. The molecule has 1 heterocycles. The van der Waals surface area contributed by atoms with Gasteiger partial charge in [-0.15, -0.1) is 0 Å². The number of rotatable bonds is 2. The molecule has 0 saturated heterocycles. The standard InChI is InChI=1S/C13H21NO/c1-10(2)12(15)14-8-4-11(5-9-14)13(3)6-7-13/h4,10H,5-9H2,1-3H3. The molecule has 1 aliphatic heterocycles.